The quantitative estimate of drug-likeness (QED) is 0.670. The summed E-state index contributed by atoms with van der Waals surface area (Å²) in [5, 5.41) is 2.64. The van der Waals surface area contributed by atoms with Crippen molar-refractivity contribution in [2.24, 2.45) is 10.9 Å². The first-order chi connectivity index (χ1) is 11.0. The maximum Gasteiger partial charge on any atom is 0.291 e. The van der Waals surface area contributed by atoms with Gasteiger partial charge in [-0.15, -0.1) is 0 Å². The molecular formula is C17H23FN2O3. The zero-order valence-electron chi connectivity index (χ0n) is 13.5. The van der Waals surface area contributed by atoms with Crippen LogP contribution in [0.25, 0.3) is 0 Å². The first-order valence-corrected chi connectivity index (χ1v) is 7.90. The Morgan fingerprint density at radius 3 is 2.78 bits per heavy atom. The molecule has 0 aliphatic carbocycles. The molecule has 1 aromatic rings. The standard InChI is InChI=1S/C17H23FN2O3/c1-12(2)11-23-17(19-10-15-4-3-9-22-15)20-16(21)13-5-7-14(18)8-6-13/h5-8,12,15H,3-4,9-11H2,1-2H3,(H,19,20,21)/t15-/m0/s1. The number of carbonyl (C=O) groups is 1. The van der Waals surface area contributed by atoms with Gasteiger partial charge in [-0.3, -0.25) is 10.1 Å². The Morgan fingerprint density at radius 1 is 1.43 bits per heavy atom. The molecule has 126 valence electrons. The smallest absolute Gasteiger partial charge is 0.291 e. The largest absolute Gasteiger partial charge is 0.465 e. The molecule has 1 N–H and O–H groups in total. The molecule has 0 saturated carbocycles. The minimum Gasteiger partial charge on any atom is -0.465 e. The molecule has 1 fully saturated rings. The number of hydrogen-bond acceptors (Lipinski definition) is 4. The highest BCUT2D eigenvalue weighted by Gasteiger charge is 2.16. The number of carbonyl (C=O) groups excluding carboxylic acids is 1. The predicted octanol–water partition coefficient (Wildman–Crippen LogP) is 2.76. The van der Waals surface area contributed by atoms with Gasteiger partial charge in [0.2, 0.25) is 0 Å². The third-order valence-corrected chi connectivity index (χ3v) is 3.34. The van der Waals surface area contributed by atoms with E-state index in [-0.39, 0.29) is 23.9 Å². The lowest BCUT2D eigenvalue weighted by molar-refractivity contribution is 0.0960. The lowest BCUT2D eigenvalue weighted by Gasteiger charge is -2.13. The fourth-order valence-corrected chi connectivity index (χ4v) is 2.11. The molecule has 0 spiro atoms. The average Bonchev–Trinajstić information content (AvgIpc) is 3.03. The summed E-state index contributed by atoms with van der Waals surface area (Å²) >= 11 is 0. The Hall–Kier alpha value is -1.95. The molecular weight excluding hydrogens is 299 g/mol. The van der Waals surface area contributed by atoms with Crippen LogP contribution in [0.3, 0.4) is 0 Å². The third kappa shape index (κ3) is 5.98. The minimum atomic E-state index is -0.384. The van der Waals surface area contributed by atoms with Crippen LogP contribution in [0.5, 0.6) is 0 Å². The van der Waals surface area contributed by atoms with E-state index in [9.17, 15) is 9.18 Å². The Morgan fingerprint density at radius 2 is 2.17 bits per heavy atom. The normalized spacial score (nSPS) is 18.3. The molecule has 0 aromatic heterocycles. The first kappa shape index (κ1) is 17.4. The molecule has 1 heterocycles. The van der Waals surface area contributed by atoms with Crippen LogP contribution in [0.2, 0.25) is 0 Å². The molecule has 5 nitrogen and oxygen atoms in total. The van der Waals surface area contributed by atoms with E-state index in [2.05, 4.69) is 10.3 Å². The van der Waals surface area contributed by atoms with E-state index in [0.29, 0.717) is 24.6 Å². The molecule has 0 radical (unpaired) electrons. The van der Waals surface area contributed by atoms with Crippen LogP contribution in [0.1, 0.15) is 37.0 Å². The van der Waals surface area contributed by atoms with Crippen molar-refractivity contribution in [2.75, 3.05) is 19.8 Å². The number of amidine groups is 1. The van der Waals surface area contributed by atoms with Crippen molar-refractivity contribution in [1.29, 1.82) is 0 Å². The number of benzene rings is 1. The predicted molar refractivity (Wildman–Crippen MR) is 85.9 cm³/mol. The molecule has 0 bridgehead atoms. The summed E-state index contributed by atoms with van der Waals surface area (Å²) in [6.07, 6.45) is 2.08. The van der Waals surface area contributed by atoms with Crippen LogP contribution >= 0.6 is 0 Å². The molecule has 1 aromatic carbocycles. The highest BCUT2D eigenvalue weighted by molar-refractivity contribution is 6.04. The summed E-state index contributed by atoms with van der Waals surface area (Å²) < 4.78 is 24.0. The molecule has 1 saturated heterocycles. The van der Waals surface area contributed by atoms with Gasteiger partial charge in [-0.2, -0.15) is 0 Å². The van der Waals surface area contributed by atoms with E-state index in [0.717, 1.165) is 19.4 Å². The summed E-state index contributed by atoms with van der Waals surface area (Å²) in [4.78, 5) is 16.5. The molecule has 23 heavy (non-hydrogen) atoms. The number of halogens is 1. The van der Waals surface area contributed by atoms with Gasteiger partial charge in [-0.25, -0.2) is 9.38 Å². The van der Waals surface area contributed by atoms with Crippen molar-refractivity contribution in [2.45, 2.75) is 32.8 Å². The van der Waals surface area contributed by atoms with Gasteiger partial charge in [0.15, 0.2) is 0 Å². The van der Waals surface area contributed by atoms with Crippen molar-refractivity contribution in [3.63, 3.8) is 0 Å². The summed E-state index contributed by atoms with van der Waals surface area (Å²) in [6, 6.07) is 5.51. The maximum atomic E-state index is 12.9. The van der Waals surface area contributed by atoms with Gasteiger partial charge >= 0.3 is 0 Å². The lowest BCUT2D eigenvalue weighted by atomic mass is 10.2. The molecule has 6 heteroatoms. The first-order valence-electron chi connectivity index (χ1n) is 7.90. The fraction of sp³-hybridized carbons (Fsp3) is 0.529. The van der Waals surface area contributed by atoms with Crippen molar-refractivity contribution in [1.82, 2.24) is 5.32 Å². The van der Waals surface area contributed by atoms with Gasteiger partial charge in [-0.1, -0.05) is 13.8 Å². The molecule has 2 rings (SSSR count). The van der Waals surface area contributed by atoms with Crippen LogP contribution in [0, 0.1) is 11.7 Å². The van der Waals surface area contributed by atoms with Gasteiger partial charge in [0.1, 0.15) is 5.82 Å². The van der Waals surface area contributed by atoms with Crippen LogP contribution in [-0.2, 0) is 9.47 Å². The summed E-state index contributed by atoms with van der Waals surface area (Å²) in [5.74, 6) is -0.449. The zero-order chi connectivity index (χ0) is 16.7. The minimum absolute atomic E-state index is 0.0790. The van der Waals surface area contributed by atoms with Crippen LogP contribution in [0.4, 0.5) is 4.39 Å². The number of rotatable bonds is 5. The molecule has 1 aliphatic rings. The topological polar surface area (TPSA) is 59.9 Å². The number of nitrogens with zero attached hydrogens (tertiary/aromatic N) is 1. The van der Waals surface area contributed by atoms with Crippen LogP contribution in [0.15, 0.2) is 29.3 Å². The maximum absolute atomic E-state index is 12.9. The van der Waals surface area contributed by atoms with E-state index < -0.39 is 0 Å². The summed E-state index contributed by atoms with van der Waals surface area (Å²) in [5.41, 5.74) is 0.351. The van der Waals surface area contributed by atoms with Crippen LogP contribution in [-0.4, -0.2) is 37.8 Å². The van der Waals surface area contributed by atoms with Crippen molar-refractivity contribution < 1.29 is 18.7 Å². The van der Waals surface area contributed by atoms with E-state index in [4.69, 9.17) is 9.47 Å². The van der Waals surface area contributed by atoms with E-state index in [1.807, 2.05) is 13.8 Å². The Labute approximate surface area is 135 Å². The molecule has 1 aliphatic heterocycles. The van der Waals surface area contributed by atoms with Gasteiger partial charge in [-0.05, 0) is 43.0 Å². The number of nitrogens with one attached hydrogen (secondary N) is 1. The zero-order valence-corrected chi connectivity index (χ0v) is 13.5. The Bertz CT molecular complexity index is 537. The molecule has 1 amide bonds. The van der Waals surface area contributed by atoms with Crippen molar-refractivity contribution in [3.05, 3.63) is 35.6 Å². The third-order valence-electron chi connectivity index (χ3n) is 3.34. The number of aliphatic imine (C=N–C) groups is 1. The number of hydrogen-bond donors (Lipinski definition) is 1. The second kappa shape index (κ2) is 8.62. The Kier molecular flexibility index (Phi) is 6.52. The molecule has 0 unspecified atom stereocenters. The van der Waals surface area contributed by atoms with E-state index >= 15 is 0 Å². The van der Waals surface area contributed by atoms with Gasteiger partial charge < -0.3 is 9.47 Å². The van der Waals surface area contributed by atoms with E-state index in [1.165, 1.54) is 24.3 Å². The molecule has 1 atom stereocenters. The average molecular weight is 322 g/mol. The SMILES string of the molecule is CC(C)COC(=NC[C@@H]1CCCO1)NC(=O)c1ccc(F)cc1. The van der Waals surface area contributed by atoms with Gasteiger partial charge in [0, 0.05) is 12.2 Å². The summed E-state index contributed by atoms with van der Waals surface area (Å²) in [7, 11) is 0. The van der Waals surface area contributed by atoms with Crippen molar-refractivity contribution >= 4 is 11.9 Å². The van der Waals surface area contributed by atoms with Gasteiger partial charge in [0.25, 0.3) is 11.9 Å². The summed E-state index contributed by atoms with van der Waals surface area (Å²) in [6.45, 7) is 5.69. The monoisotopic (exact) mass is 322 g/mol. The van der Waals surface area contributed by atoms with Gasteiger partial charge in [0.05, 0.1) is 19.3 Å². The lowest BCUT2D eigenvalue weighted by Crippen LogP contribution is -2.34. The number of ether oxygens (including phenoxy) is 2. The van der Waals surface area contributed by atoms with E-state index in [1.54, 1.807) is 0 Å². The highest BCUT2D eigenvalue weighted by Crippen LogP contribution is 2.12. The second-order valence-electron chi connectivity index (χ2n) is 5.95. The Balaban J connectivity index is 1.98. The fourth-order valence-electron chi connectivity index (χ4n) is 2.11. The van der Waals surface area contributed by atoms with Crippen molar-refractivity contribution in [3.8, 4) is 0 Å². The second-order valence-corrected chi connectivity index (χ2v) is 5.95. The number of amides is 1. The highest BCUT2D eigenvalue weighted by atomic mass is 19.1. The van der Waals surface area contributed by atoms with Crippen LogP contribution < -0.4 is 5.32 Å².